The van der Waals surface area contributed by atoms with Crippen LogP contribution in [0.4, 0.5) is 0 Å². The maximum atomic E-state index is 5.54. The summed E-state index contributed by atoms with van der Waals surface area (Å²) in [6.07, 6.45) is 3.29. The molecule has 0 saturated heterocycles. The summed E-state index contributed by atoms with van der Waals surface area (Å²) in [5, 5.41) is 4.84. The molecule has 110 valence electrons. The van der Waals surface area contributed by atoms with Gasteiger partial charge in [-0.15, -0.1) is 0 Å². The molecular formula is C17H26N2O. The fraction of sp³-hybridized carbons (Fsp3) is 0.529. The Labute approximate surface area is 121 Å². The quantitative estimate of drug-likeness (QED) is 0.830. The van der Waals surface area contributed by atoms with E-state index < -0.39 is 0 Å². The zero-order chi connectivity index (χ0) is 14.6. The van der Waals surface area contributed by atoms with Crippen molar-refractivity contribution in [1.82, 2.24) is 9.88 Å². The Morgan fingerprint density at radius 2 is 2.00 bits per heavy atom. The molecule has 3 nitrogen and oxygen atoms in total. The maximum Gasteiger partial charge on any atom is 0.120 e. The Hall–Kier alpha value is -1.48. The molecule has 0 aliphatic rings. The van der Waals surface area contributed by atoms with Gasteiger partial charge in [-0.2, -0.15) is 0 Å². The molecule has 0 radical (unpaired) electrons. The van der Waals surface area contributed by atoms with E-state index in [1.165, 1.54) is 10.9 Å². The number of rotatable bonds is 7. The summed E-state index contributed by atoms with van der Waals surface area (Å²) in [7, 11) is 0. The summed E-state index contributed by atoms with van der Waals surface area (Å²) in [6.45, 7) is 11.4. The molecule has 2 rings (SSSR count). The van der Waals surface area contributed by atoms with Crippen molar-refractivity contribution in [1.29, 1.82) is 0 Å². The maximum absolute atomic E-state index is 5.54. The molecule has 0 amide bonds. The van der Waals surface area contributed by atoms with Crippen molar-refractivity contribution in [3.8, 4) is 5.75 Å². The van der Waals surface area contributed by atoms with Gasteiger partial charge in [-0.1, -0.05) is 6.92 Å². The first kappa shape index (κ1) is 14.9. The second-order valence-electron chi connectivity index (χ2n) is 5.83. The van der Waals surface area contributed by atoms with Gasteiger partial charge in [0, 0.05) is 35.7 Å². The average molecular weight is 274 g/mol. The molecule has 0 aliphatic carbocycles. The van der Waals surface area contributed by atoms with Crippen LogP contribution in [0.25, 0.3) is 10.9 Å². The van der Waals surface area contributed by atoms with E-state index in [1.54, 1.807) is 0 Å². The number of benzene rings is 1. The first-order chi connectivity index (χ1) is 9.55. The lowest BCUT2D eigenvalue weighted by atomic mass is 10.0. The lowest BCUT2D eigenvalue weighted by molar-refractivity contribution is 0.340. The highest BCUT2D eigenvalue weighted by atomic mass is 16.5. The number of nitrogens with one attached hydrogen (secondary N) is 1. The topological polar surface area (TPSA) is 26.2 Å². The second-order valence-corrected chi connectivity index (χ2v) is 5.83. The number of fused-ring (bicyclic) bond motifs is 1. The van der Waals surface area contributed by atoms with Crippen LogP contribution in [0.2, 0.25) is 0 Å². The van der Waals surface area contributed by atoms with Crippen LogP contribution in [-0.4, -0.2) is 23.3 Å². The summed E-state index contributed by atoms with van der Waals surface area (Å²) >= 11 is 0. The van der Waals surface area contributed by atoms with Gasteiger partial charge in [0.05, 0.1) is 6.61 Å². The molecule has 0 bridgehead atoms. The zero-order valence-corrected chi connectivity index (χ0v) is 13.1. The number of nitrogens with zero attached hydrogens (tertiary/aromatic N) is 1. The Morgan fingerprint density at radius 3 is 2.70 bits per heavy atom. The van der Waals surface area contributed by atoms with Crippen LogP contribution in [-0.2, 0) is 6.54 Å². The van der Waals surface area contributed by atoms with E-state index in [2.05, 4.69) is 55.1 Å². The SMILES string of the molecule is CCOc1ccc2c(ccn2CCNC(C)(C)CC)c1. The van der Waals surface area contributed by atoms with Crippen LogP contribution in [0, 0.1) is 0 Å². The highest BCUT2D eigenvalue weighted by molar-refractivity contribution is 5.81. The van der Waals surface area contributed by atoms with Crippen LogP contribution < -0.4 is 10.1 Å². The molecule has 0 saturated carbocycles. The van der Waals surface area contributed by atoms with E-state index in [4.69, 9.17) is 4.74 Å². The highest BCUT2D eigenvalue weighted by Crippen LogP contribution is 2.22. The number of hydrogen-bond donors (Lipinski definition) is 1. The lowest BCUT2D eigenvalue weighted by Gasteiger charge is -2.24. The predicted molar refractivity (Wildman–Crippen MR) is 85.5 cm³/mol. The van der Waals surface area contributed by atoms with Crippen molar-refractivity contribution in [3.63, 3.8) is 0 Å². The Kier molecular flexibility index (Phi) is 4.71. The largest absolute Gasteiger partial charge is 0.494 e. The third kappa shape index (κ3) is 3.54. The third-order valence-electron chi connectivity index (χ3n) is 3.89. The molecule has 1 heterocycles. The van der Waals surface area contributed by atoms with Gasteiger partial charge in [0.1, 0.15) is 5.75 Å². The predicted octanol–water partition coefficient (Wildman–Crippen LogP) is 3.82. The van der Waals surface area contributed by atoms with Gasteiger partial charge >= 0.3 is 0 Å². The van der Waals surface area contributed by atoms with E-state index in [-0.39, 0.29) is 5.54 Å². The van der Waals surface area contributed by atoms with Crippen molar-refractivity contribution in [2.45, 2.75) is 46.2 Å². The molecule has 1 N–H and O–H groups in total. The van der Waals surface area contributed by atoms with E-state index in [0.717, 1.165) is 25.3 Å². The van der Waals surface area contributed by atoms with E-state index in [0.29, 0.717) is 6.61 Å². The van der Waals surface area contributed by atoms with E-state index in [1.807, 2.05) is 13.0 Å². The molecule has 1 aromatic heterocycles. The summed E-state index contributed by atoms with van der Waals surface area (Å²) in [5.41, 5.74) is 1.48. The fourth-order valence-electron chi connectivity index (χ4n) is 2.27. The average Bonchev–Trinajstić information content (AvgIpc) is 2.82. The first-order valence-electron chi connectivity index (χ1n) is 7.52. The molecule has 0 aliphatic heterocycles. The van der Waals surface area contributed by atoms with Crippen molar-refractivity contribution in [3.05, 3.63) is 30.5 Å². The monoisotopic (exact) mass is 274 g/mol. The zero-order valence-electron chi connectivity index (χ0n) is 13.1. The smallest absolute Gasteiger partial charge is 0.120 e. The standard InChI is InChI=1S/C17H26N2O/c1-5-17(3,4)18-10-12-19-11-9-14-13-15(20-6-2)7-8-16(14)19/h7-9,11,13,18H,5-6,10,12H2,1-4H3. The van der Waals surface area contributed by atoms with Crippen molar-refractivity contribution in [2.75, 3.05) is 13.2 Å². The molecule has 3 heteroatoms. The minimum atomic E-state index is 0.213. The van der Waals surface area contributed by atoms with Crippen LogP contribution in [0.3, 0.4) is 0 Å². The van der Waals surface area contributed by atoms with E-state index >= 15 is 0 Å². The minimum Gasteiger partial charge on any atom is -0.494 e. The molecular weight excluding hydrogens is 248 g/mol. The van der Waals surface area contributed by atoms with E-state index in [9.17, 15) is 0 Å². The number of ether oxygens (including phenoxy) is 1. The molecule has 0 atom stereocenters. The molecule has 2 aromatic rings. The van der Waals surface area contributed by atoms with Crippen LogP contribution in [0.1, 0.15) is 34.1 Å². The molecule has 0 unspecified atom stereocenters. The normalized spacial score (nSPS) is 12.0. The molecule has 20 heavy (non-hydrogen) atoms. The molecule has 0 fully saturated rings. The van der Waals surface area contributed by atoms with Gasteiger partial charge in [0.15, 0.2) is 0 Å². The third-order valence-corrected chi connectivity index (χ3v) is 3.89. The summed E-state index contributed by atoms with van der Waals surface area (Å²) < 4.78 is 7.84. The van der Waals surface area contributed by atoms with Crippen molar-refractivity contribution in [2.24, 2.45) is 0 Å². The van der Waals surface area contributed by atoms with Gasteiger partial charge in [0.25, 0.3) is 0 Å². The van der Waals surface area contributed by atoms with Crippen molar-refractivity contribution >= 4 is 10.9 Å². The fourth-order valence-corrected chi connectivity index (χ4v) is 2.27. The Morgan fingerprint density at radius 1 is 1.20 bits per heavy atom. The van der Waals surface area contributed by atoms with Gasteiger partial charge in [-0.25, -0.2) is 0 Å². The number of hydrogen-bond acceptors (Lipinski definition) is 2. The van der Waals surface area contributed by atoms with Crippen LogP contribution in [0.5, 0.6) is 5.75 Å². The van der Waals surface area contributed by atoms with Gasteiger partial charge < -0.3 is 14.6 Å². The number of aromatic nitrogens is 1. The second kappa shape index (κ2) is 6.31. The highest BCUT2D eigenvalue weighted by Gasteiger charge is 2.13. The van der Waals surface area contributed by atoms with Gasteiger partial charge in [-0.05, 0) is 51.5 Å². The molecule has 1 aromatic carbocycles. The van der Waals surface area contributed by atoms with Crippen LogP contribution in [0.15, 0.2) is 30.5 Å². The van der Waals surface area contributed by atoms with Gasteiger partial charge in [-0.3, -0.25) is 0 Å². The molecule has 0 spiro atoms. The summed E-state index contributed by atoms with van der Waals surface area (Å²) in [6, 6.07) is 8.46. The lowest BCUT2D eigenvalue weighted by Crippen LogP contribution is -2.40. The Bertz CT molecular complexity index is 557. The van der Waals surface area contributed by atoms with Gasteiger partial charge in [0.2, 0.25) is 0 Å². The summed E-state index contributed by atoms with van der Waals surface area (Å²) in [5.74, 6) is 0.947. The first-order valence-corrected chi connectivity index (χ1v) is 7.52. The summed E-state index contributed by atoms with van der Waals surface area (Å²) in [4.78, 5) is 0. The van der Waals surface area contributed by atoms with Crippen molar-refractivity contribution < 1.29 is 4.74 Å². The minimum absolute atomic E-state index is 0.213. The van der Waals surface area contributed by atoms with Crippen LogP contribution >= 0.6 is 0 Å². The Balaban J connectivity index is 2.04.